The van der Waals surface area contributed by atoms with Crippen LogP contribution in [0.25, 0.3) is 0 Å². The number of carbonyl (C=O) groups is 1. The van der Waals surface area contributed by atoms with Crippen molar-refractivity contribution < 1.29 is 9.53 Å². The number of aromatic nitrogens is 1. The molecular weight excluding hydrogens is 416 g/mol. The lowest BCUT2D eigenvalue weighted by atomic mass is 10.2. The van der Waals surface area contributed by atoms with E-state index >= 15 is 0 Å². The molecule has 154 valence electrons. The Morgan fingerprint density at radius 2 is 1.97 bits per heavy atom. The summed E-state index contributed by atoms with van der Waals surface area (Å²) in [7, 11) is 0. The maximum Gasteiger partial charge on any atom is 0.280 e. The fourth-order valence-corrected chi connectivity index (χ4v) is 4.06. The molecule has 0 saturated heterocycles. The molecule has 1 heterocycles. The Balaban J connectivity index is 1.78. The fraction of sp³-hybridized carbons (Fsp3) is 0.227. The standard InChI is InChI=1S/C22H22N4O2S2/c1-16-20(21(27)25-29-2)24-22(30-16)26(19-10-8-17(14-23)9-11-19)12-13-28-15-18-6-4-3-5-7-18/h3-11H,12-13,15H2,1-2H3,(H,25,27). The molecule has 0 spiro atoms. The molecule has 1 amide bonds. The minimum Gasteiger partial charge on any atom is -0.375 e. The van der Waals surface area contributed by atoms with Gasteiger partial charge >= 0.3 is 0 Å². The van der Waals surface area contributed by atoms with Crippen molar-refractivity contribution in [3.63, 3.8) is 0 Å². The number of ether oxygens (including phenoxy) is 1. The number of nitriles is 1. The van der Waals surface area contributed by atoms with Crippen molar-refractivity contribution in [2.24, 2.45) is 0 Å². The lowest BCUT2D eigenvalue weighted by Gasteiger charge is -2.22. The van der Waals surface area contributed by atoms with Gasteiger partial charge in [-0.1, -0.05) is 42.3 Å². The third-order valence-corrected chi connectivity index (χ3v) is 5.69. The largest absolute Gasteiger partial charge is 0.375 e. The Labute approximate surface area is 184 Å². The average Bonchev–Trinajstić information content (AvgIpc) is 3.16. The van der Waals surface area contributed by atoms with E-state index in [1.165, 1.54) is 23.3 Å². The average molecular weight is 439 g/mol. The van der Waals surface area contributed by atoms with E-state index < -0.39 is 0 Å². The number of rotatable bonds is 9. The van der Waals surface area contributed by atoms with E-state index in [0.29, 0.717) is 36.1 Å². The summed E-state index contributed by atoms with van der Waals surface area (Å²) in [6.45, 7) is 3.47. The van der Waals surface area contributed by atoms with E-state index in [9.17, 15) is 4.79 Å². The number of thiazole rings is 1. The van der Waals surface area contributed by atoms with Crippen molar-refractivity contribution >= 4 is 40.0 Å². The highest BCUT2D eigenvalue weighted by Gasteiger charge is 2.20. The van der Waals surface area contributed by atoms with Crippen molar-refractivity contribution in [3.05, 3.63) is 76.3 Å². The summed E-state index contributed by atoms with van der Waals surface area (Å²) in [6.07, 6.45) is 1.80. The smallest absolute Gasteiger partial charge is 0.280 e. The highest BCUT2D eigenvalue weighted by Crippen LogP contribution is 2.31. The van der Waals surface area contributed by atoms with Crippen LogP contribution in [0.1, 0.15) is 26.5 Å². The van der Waals surface area contributed by atoms with Crippen LogP contribution in [0.15, 0.2) is 54.6 Å². The van der Waals surface area contributed by atoms with Gasteiger partial charge in [0.25, 0.3) is 5.91 Å². The summed E-state index contributed by atoms with van der Waals surface area (Å²) in [5.41, 5.74) is 3.02. The first-order valence-corrected chi connectivity index (χ1v) is 11.4. The van der Waals surface area contributed by atoms with E-state index in [1.807, 2.05) is 54.3 Å². The van der Waals surface area contributed by atoms with Crippen molar-refractivity contribution in [2.45, 2.75) is 13.5 Å². The molecule has 8 heteroatoms. The van der Waals surface area contributed by atoms with Crippen molar-refractivity contribution in [2.75, 3.05) is 24.3 Å². The molecule has 0 aliphatic carbocycles. The molecule has 3 aromatic rings. The van der Waals surface area contributed by atoms with Gasteiger partial charge in [-0.05, 0) is 36.8 Å². The molecule has 3 rings (SSSR count). The van der Waals surface area contributed by atoms with Crippen LogP contribution < -0.4 is 9.62 Å². The first kappa shape index (κ1) is 21.8. The predicted octanol–water partition coefficient (Wildman–Crippen LogP) is 4.69. The minimum absolute atomic E-state index is 0.206. The zero-order valence-corrected chi connectivity index (χ0v) is 18.4. The molecule has 0 fully saturated rings. The van der Waals surface area contributed by atoms with Crippen molar-refractivity contribution in [3.8, 4) is 6.07 Å². The van der Waals surface area contributed by atoms with Crippen molar-refractivity contribution in [1.29, 1.82) is 5.26 Å². The van der Waals surface area contributed by atoms with Gasteiger partial charge in [0.05, 0.1) is 24.8 Å². The van der Waals surface area contributed by atoms with Crippen molar-refractivity contribution in [1.82, 2.24) is 9.71 Å². The van der Waals surface area contributed by atoms with Gasteiger partial charge in [-0.25, -0.2) is 4.98 Å². The number of aryl methyl sites for hydroxylation is 1. The summed E-state index contributed by atoms with van der Waals surface area (Å²) in [5, 5.41) is 9.79. The summed E-state index contributed by atoms with van der Waals surface area (Å²) in [5.74, 6) is -0.206. The van der Waals surface area contributed by atoms with Crippen LogP contribution in [0.5, 0.6) is 0 Å². The van der Waals surface area contributed by atoms with Gasteiger partial charge in [0.1, 0.15) is 5.69 Å². The highest BCUT2D eigenvalue weighted by atomic mass is 32.2. The van der Waals surface area contributed by atoms with Crippen LogP contribution >= 0.6 is 23.3 Å². The number of benzene rings is 2. The normalized spacial score (nSPS) is 10.4. The van der Waals surface area contributed by atoms with Gasteiger partial charge in [0, 0.05) is 23.4 Å². The Morgan fingerprint density at radius 3 is 2.63 bits per heavy atom. The topological polar surface area (TPSA) is 78.2 Å². The summed E-state index contributed by atoms with van der Waals surface area (Å²) < 4.78 is 8.58. The number of nitrogens with one attached hydrogen (secondary N) is 1. The van der Waals surface area contributed by atoms with E-state index in [4.69, 9.17) is 10.00 Å². The van der Waals surface area contributed by atoms with Gasteiger partial charge in [-0.3, -0.25) is 9.52 Å². The molecule has 6 nitrogen and oxygen atoms in total. The Kier molecular flexibility index (Phi) is 7.85. The summed E-state index contributed by atoms with van der Waals surface area (Å²) in [6, 6.07) is 19.5. The summed E-state index contributed by atoms with van der Waals surface area (Å²) in [4.78, 5) is 19.7. The SMILES string of the molecule is CSNC(=O)c1nc(N(CCOCc2ccccc2)c2ccc(C#N)cc2)sc1C. The van der Waals surface area contributed by atoms with Crippen LogP contribution in [0, 0.1) is 18.3 Å². The molecule has 30 heavy (non-hydrogen) atoms. The van der Waals surface area contributed by atoms with Crippen LogP contribution in [-0.4, -0.2) is 30.3 Å². The number of anilines is 2. The van der Waals surface area contributed by atoms with Gasteiger partial charge < -0.3 is 9.64 Å². The third-order valence-electron chi connectivity index (χ3n) is 4.30. The van der Waals surface area contributed by atoms with Gasteiger partial charge in [-0.15, -0.1) is 11.3 Å². The van der Waals surface area contributed by atoms with Gasteiger partial charge in [0.2, 0.25) is 0 Å². The molecular formula is C22H22N4O2S2. The predicted molar refractivity (Wildman–Crippen MR) is 122 cm³/mol. The first-order chi connectivity index (χ1) is 14.6. The number of amides is 1. The zero-order chi connectivity index (χ0) is 21.3. The van der Waals surface area contributed by atoms with Crippen LogP contribution in [-0.2, 0) is 11.3 Å². The first-order valence-electron chi connectivity index (χ1n) is 9.32. The molecule has 0 atom stereocenters. The highest BCUT2D eigenvalue weighted by molar-refractivity contribution is 7.97. The van der Waals surface area contributed by atoms with Crippen LogP contribution in [0.2, 0.25) is 0 Å². The number of nitrogens with zero attached hydrogens (tertiary/aromatic N) is 3. The second kappa shape index (κ2) is 10.8. The molecule has 0 unspecified atom stereocenters. The van der Waals surface area contributed by atoms with E-state index in [-0.39, 0.29) is 5.91 Å². The van der Waals surface area contributed by atoms with E-state index in [1.54, 1.807) is 18.4 Å². The monoisotopic (exact) mass is 438 g/mol. The molecule has 0 saturated carbocycles. The molecule has 1 aromatic heterocycles. The molecule has 1 N–H and O–H groups in total. The second-order valence-corrected chi connectivity index (χ2v) is 8.18. The van der Waals surface area contributed by atoms with E-state index in [0.717, 1.165) is 16.1 Å². The Morgan fingerprint density at radius 1 is 1.23 bits per heavy atom. The lowest BCUT2D eigenvalue weighted by Crippen LogP contribution is -2.23. The van der Waals surface area contributed by atoms with E-state index in [2.05, 4.69) is 15.8 Å². The quantitative estimate of drug-likeness (QED) is 0.386. The molecule has 0 radical (unpaired) electrons. The van der Waals surface area contributed by atoms with Gasteiger partial charge in [-0.2, -0.15) is 5.26 Å². The molecule has 0 bridgehead atoms. The molecule has 2 aromatic carbocycles. The Bertz CT molecular complexity index is 1010. The fourth-order valence-electron chi connectivity index (χ4n) is 2.82. The van der Waals surface area contributed by atoms with Crippen LogP contribution in [0.3, 0.4) is 0 Å². The Hall–Kier alpha value is -2.86. The zero-order valence-electron chi connectivity index (χ0n) is 16.8. The lowest BCUT2D eigenvalue weighted by molar-refractivity contribution is 0.0980. The van der Waals surface area contributed by atoms with Gasteiger partial charge in [0.15, 0.2) is 5.13 Å². The third kappa shape index (κ3) is 5.60. The number of hydrogen-bond donors (Lipinski definition) is 1. The number of carbonyl (C=O) groups excluding carboxylic acids is 1. The van der Waals surface area contributed by atoms with Crippen LogP contribution in [0.4, 0.5) is 10.8 Å². The second-order valence-electron chi connectivity index (χ2n) is 6.39. The molecule has 0 aliphatic rings. The minimum atomic E-state index is -0.206. The maximum absolute atomic E-state index is 12.3. The summed E-state index contributed by atoms with van der Waals surface area (Å²) >= 11 is 2.71. The maximum atomic E-state index is 12.3. The number of hydrogen-bond acceptors (Lipinski definition) is 7. The molecule has 0 aliphatic heterocycles.